The van der Waals surface area contributed by atoms with Gasteiger partial charge in [-0.3, -0.25) is 0 Å². The third-order valence-corrected chi connectivity index (χ3v) is 9.48. The smallest absolute Gasteiger partial charge is 0.164 e. The van der Waals surface area contributed by atoms with Crippen LogP contribution in [0.5, 0.6) is 0 Å². The number of benzene rings is 8. The van der Waals surface area contributed by atoms with Gasteiger partial charge in [0.2, 0.25) is 0 Å². The molecular formula is C45H27N3O. The summed E-state index contributed by atoms with van der Waals surface area (Å²) < 4.78 is 6.21. The van der Waals surface area contributed by atoms with Gasteiger partial charge in [-0.05, 0) is 73.8 Å². The molecule has 10 aromatic rings. The van der Waals surface area contributed by atoms with Gasteiger partial charge in [0.1, 0.15) is 11.2 Å². The first kappa shape index (κ1) is 27.5. The second-order valence-electron chi connectivity index (χ2n) is 12.4. The second kappa shape index (κ2) is 11.0. The van der Waals surface area contributed by atoms with Crippen LogP contribution in [0.3, 0.4) is 0 Å². The summed E-state index contributed by atoms with van der Waals surface area (Å²) in [5.74, 6) is 1.90. The number of aromatic nitrogens is 3. The van der Waals surface area contributed by atoms with Crippen molar-refractivity contribution in [3.05, 3.63) is 164 Å². The minimum Gasteiger partial charge on any atom is -0.456 e. The lowest BCUT2D eigenvalue weighted by atomic mass is 9.95. The SMILES string of the molecule is c1ccc(-c2nc(-c3ccc4c(-c5ccc6ccccc6c5)cccc4c3)nc(-c3ccc4ccc5oc6ccccc6c5c4c3)n2)cc1. The minimum atomic E-state index is 0.626. The van der Waals surface area contributed by atoms with E-state index in [-0.39, 0.29) is 0 Å². The van der Waals surface area contributed by atoms with Gasteiger partial charge in [0, 0.05) is 27.5 Å². The van der Waals surface area contributed by atoms with E-state index in [4.69, 9.17) is 19.4 Å². The summed E-state index contributed by atoms with van der Waals surface area (Å²) in [6.45, 7) is 0. The van der Waals surface area contributed by atoms with E-state index in [1.165, 1.54) is 27.3 Å². The summed E-state index contributed by atoms with van der Waals surface area (Å²) in [6, 6.07) is 57.1. The number of rotatable bonds is 4. The van der Waals surface area contributed by atoms with Gasteiger partial charge >= 0.3 is 0 Å². The summed E-state index contributed by atoms with van der Waals surface area (Å²) in [7, 11) is 0. The first-order valence-electron chi connectivity index (χ1n) is 16.4. The number of fused-ring (bicyclic) bond motifs is 7. The zero-order valence-electron chi connectivity index (χ0n) is 26.3. The van der Waals surface area contributed by atoms with Crippen molar-refractivity contribution in [1.82, 2.24) is 15.0 Å². The van der Waals surface area contributed by atoms with Gasteiger partial charge in [0.05, 0.1) is 0 Å². The van der Waals surface area contributed by atoms with Gasteiger partial charge in [-0.2, -0.15) is 0 Å². The molecule has 228 valence electrons. The molecule has 0 aliphatic heterocycles. The number of hydrogen-bond acceptors (Lipinski definition) is 4. The van der Waals surface area contributed by atoms with Crippen LogP contribution in [0, 0.1) is 0 Å². The van der Waals surface area contributed by atoms with Crippen molar-refractivity contribution in [3.8, 4) is 45.3 Å². The van der Waals surface area contributed by atoms with E-state index in [9.17, 15) is 0 Å². The molecule has 4 heteroatoms. The van der Waals surface area contributed by atoms with E-state index in [0.29, 0.717) is 17.5 Å². The molecule has 0 spiro atoms. The topological polar surface area (TPSA) is 51.8 Å². The van der Waals surface area contributed by atoms with E-state index >= 15 is 0 Å². The number of hydrogen-bond donors (Lipinski definition) is 0. The zero-order valence-corrected chi connectivity index (χ0v) is 26.3. The van der Waals surface area contributed by atoms with Crippen LogP contribution in [0.1, 0.15) is 0 Å². The molecule has 2 heterocycles. The number of furan rings is 1. The molecule has 0 aliphatic carbocycles. The Labute approximate surface area is 282 Å². The molecule has 4 nitrogen and oxygen atoms in total. The van der Waals surface area contributed by atoms with Crippen LogP contribution in [-0.2, 0) is 0 Å². The Morgan fingerprint density at radius 1 is 0.327 bits per heavy atom. The predicted octanol–water partition coefficient (Wildman–Crippen LogP) is 11.9. The molecule has 0 amide bonds. The van der Waals surface area contributed by atoms with E-state index in [1.54, 1.807) is 0 Å². The summed E-state index contributed by atoms with van der Waals surface area (Å²) in [5.41, 5.74) is 6.94. The Morgan fingerprint density at radius 3 is 1.84 bits per heavy atom. The Hall–Kier alpha value is -6.65. The highest BCUT2D eigenvalue weighted by Gasteiger charge is 2.16. The Morgan fingerprint density at radius 2 is 0.959 bits per heavy atom. The van der Waals surface area contributed by atoms with Crippen molar-refractivity contribution in [2.45, 2.75) is 0 Å². The Balaban J connectivity index is 1.14. The van der Waals surface area contributed by atoms with Crippen LogP contribution in [0.4, 0.5) is 0 Å². The Kier molecular flexibility index (Phi) is 6.15. The largest absolute Gasteiger partial charge is 0.456 e. The van der Waals surface area contributed by atoms with Gasteiger partial charge in [-0.15, -0.1) is 0 Å². The zero-order chi connectivity index (χ0) is 32.3. The van der Waals surface area contributed by atoms with Crippen molar-refractivity contribution in [3.63, 3.8) is 0 Å². The minimum absolute atomic E-state index is 0.626. The van der Waals surface area contributed by atoms with Gasteiger partial charge in [-0.1, -0.05) is 133 Å². The van der Waals surface area contributed by atoms with Crippen molar-refractivity contribution in [1.29, 1.82) is 0 Å². The molecule has 0 saturated heterocycles. The van der Waals surface area contributed by atoms with Crippen molar-refractivity contribution in [2.24, 2.45) is 0 Å². The van der Waals surface area contributed by atoms with Gasteiger partial charge in [0.15, 0.2) is 17.5 Å². The third-order valence-electron chi connectivity index (χ3n) is 9.48. The average molecular weight is 626 g/mol. The quantitative estimate of drug-likeness (QED) is 0.195. The molecular weight excluding hydrogens is 599 g/mol. The van der Waals surface area contributed by atoms with Gasteiger partial charge in [0.25, 0.3) is 0 Å². The van der Waals surface area contributed by atoms with E-state index < -0.39 is 0 Å². The fourth-order valence-corrected chi connectivity index (χ4v) is 7.06. The molecule has 10 rings (SSSR count). The van der Waals surface area contributed by atoms with Crippen LogP contribution >= 0.6 is 0 Å². The van der Waals surface area contributed by atoms with Crippen LogP contribution < -0.4 is 0 Å². The molecule has 0 fully saturated rings. The predicted molar refractivity (Wildman–Crippen MR) is 201 cm³/mol. The van der Waals surface area contributed by atoms with E-state index in [0.717, 1.165) is 54.8 Å². The normalized spacial score (nSPS) is 11.7. The highest BCUT2D eigenvalue weighted by atomic mass is 16.3. The molecule has 49 heavy (non-hydrogen) atoms. The fourth-order valence-electron chi connectivity index (χ4n) is 7.06. The third kappa shape index (κ3) is 4.65. The lowest BCUT2D eigenvalue weighted by Gasteiger charge is -2.12. The molecule has 0 unspecified atom stereocenters. The highest BCUT2D eigenvalue weighted by molar-refractivity contribution is 6.19. The van der Waals surface area contributed by atoms with Crippen molar-refractivity contribution < 1.29 is 4.42 Å². The second-order valence-corrected chi connectivity index (χ2v) is 12.4. The number of nitrogens with zero attached hydrogens (tertiary/aromatic N) is 3. The fraction of sp³-hybridized carbons (Fsp3) is 0. The maximum absolute atomic E-state index is 6.21. The standard InChI is InChI=1S/C45H27N3O/c1-2-10-30(11-3-1)43-46-44(34-21-23-37-32(26-34)13-8-15-36(37)33-19-17-28-9-4-5-12-31(28)25-33)48-45(47-43)35-20-18-29-22-24-41-42(39(29)27-35)38-14-6-7-16-40(38)49-41/h1-27H. The number of para-hydroxylation sites is 1. The van der Waals surface area contributed by atoms with E-state index in [2.05, 4.69) is 121 Å². The lowest BCUT2D eigenvalue weighted by Crippen LogP contribution is -2.00. The Bertz CT molecular complexity index is 2890. The van der Waals surface area contributed by atoms with Crippen LogP contribution in [0.2, 0.25) is 0 Å². The van der Waals surface area contributed by atoms with Gasteiger partial charge < -0.3 is 4.42 Å². The van der Waals surface area contributed by atoms with E-state index in [1.807, 2.05) is 42.5 Å². The summed E-state index contributed by atoms with van der Waals surface area (Å²) in [6.07, 6.45) is 0. The molecule has 2 aromatic heterocycles. The monoisotopic (exact) mass is 625 g/mol. The molecule has 0 atom stereocenters. The maximum atomic E-state index is 6.21. The van der Waals surface area contributed by atoms with Crippen molar-refractivity contribution >= 4 is 54.3 Å². The molecule has 0 N–H and O–H groups in total. The lowest BCUT2D eigenvalue weighted by molar-refractivity contribution is 0.669. The highest BCUT2D eigenvalue weighted by Crippen LogP contribution is 2.37. The summed E-state index contributed by atoms with van der Waals surface area (Å²) in [5, 5.41) is 9.23. The molecule has 0 radical (unpaired) electrons. The summed E-state index contributed by atoms with van der Waals surface area (Å²) >= 11 is 0. The van der Waals surface area contributed by atoms with Crippen LogP contribution in [0.25, 0.3) is 99.5 Å². The maximum Gasteiger partial charge on any atom is 0.164 e. The van der Waals surface area contributed by atoms with Gasteiger partial charge in [-0.25, -0.2) is 15.0 Å². The van der Waals surface area contributed by atoms with Crippen LogP contribution in [-0.4, -0.2) is 15.0 Å². The average Bonchev–Trinajstić information content (AvgIpc) is 3.56. The molecule has 8 aromatic carbocycles. The summed E-state index contributed by atoms with van der Waals surface area (Å²) in [4.78, 5) is 15.2. The van der Waals surface area contributed by atoms with Crippen LogP contribution in [0.15, 0.2) is 168 Å². The molecule has 0 aliphatic rings. The first-order valence-corrected chi connectivity index (χ1v) is 16.4. The molecule has 0 bridgehead atoms. The molecule has 0 saturated carbocycles. The van der Waals surface area contributed by atoms with Crippen molar-refractivity contribution in [2.75, 3.05) is 0 Å². The first-order chi connectivity index (χ1) is 24.2.